The first-order chi connectivity index (χ1) is 5.13. The number of carbonyl (C=O) groups is 2. The van der Waals surface area contributed by atoms with Crippen LogP contribution in [-0.2, 0) is 9.59 Å². The lowest BCUT2D eigenvalue weighted by atomic mass is 10.2. The monoisotopic (exact) mass is 175 g/mol. The molecule has 1 heterocycles. The van der Waals surface area contributed by atoms with Crippen molar-refractivity contribution in [3.8, 4) is 6.57 Å². The average Bonchev–Trinajstić information content (AvgIpc) is 2.22. The highest BCUT2D eigenvalue weighted by atomic mass is 31.1. The number of aliphatic hydroxyl groups is 2. The van der Waals surface area contributed by atoms with Gasteiger partial charge in [0.05, 0.1) is 0 Å². The Morgan fingerprint density at radius 1 is 1.18 bits per heavy atom. The van der Waals surface area contributed by atoms with Crippen LogP contribution in [0.2, 0.25) is 0 Å². The van der Waals surface area contributed by atoms with E-state index in [2.05, 4.69) is 6.57 Å². The number of carbonyl (C=O) groups excluding carboxylic acids is 2. The number of rotatable bonds is 0. The largest absolute Gasteiger partial charge is 0.382 e. The lowest BCUT2D eigenvalue weighted by molar-refractivity contribution is -0.129. The SMILES string of the molecule is C#N.O=C1PC(=O)C(O)C1O. The Morgan fingerprint density at radius 3 is 1.55 bits per heavy atom. The Bertz CT molecular complexity index is 184. The van der Waals surface area contributed by atoms with E-state index in [1.165, 1.54) is 0 Å². The van der Waals surface area contributed by atoms with E-state index in [0.29, 0.717) is 0 Å². The summed E-state index contributed by atoms with van der Waals surface area (Å²) in [6.45, 7) is 3.50. The molecule has 1 aliphatic rings. The molecule has 2 atom stereocenters. The number of nitriles is 1. The molecule has 0 aliphatic carbocycles. The maximum absolute atomic E-state index is 10.4. The summed E-state index contributed by atoms with van der Waals surface area (Å²) < 4.78 is 0. The first-order valence-electron chi connectivity index (χ1n) is 2.59. The standard InChI is InChI=1S/C4H5O4P.CHN/c5-1-2(6)4(8)9-3(1)7;1-2/h1-2,5-6,9H;1H. The lowest BCUT2D eigenvalue weighted by Crippen LogP contribution is -2.27. The van der Waals surface area contributed by atoms with Gasteiger partial charge in [0.15, 0.2) is 11.0 Å². The number of hydrogen-bond donors (Lipinski definition) is 2. The maximum Gasteiger partial charge on any atom is 0.190 e. The van der Waals surface area contributed by atoms with Crippen molar-refractivity contribution in [3.63, 3.8) is 0 Å². The minimum atomic E-state index is -1.46. The summed E-state index contributed by atoms with van der Waals surface area (Å²) in [6.07, 6.45) is -2.92. The van der Waals surface area contributed by atoms with E-state index in [-0.39, 0.29) is 0 Å². The van der Waals surface area contributed by atoms with E-state index < -0.39 is 31.8 Å². The molecule has 0 radical (unpaired) electrons. The van der Waals surface area contributed by atoms with E-state index in [0.717, 1.165) is 0 Å². The van der Waals surface area contributed by atoms with Gasteiger partial charge >= 0.3 is 0 Å². The molecule has 1 fully saturated rings. The summed E-state index contributed by atoms with van der Waals surface area (Å²) in [5.41, 5.74) is -1.12. The average molecular weight is 175 g/mol. The number of hydrogen-bond acceptors (Lipinski definition) is 5. The summed E-state index contributed by atoms with van der Waals surface area (Å²) >= 11 is 0. The zero-order valence-electron chi connectivity index (χ0n) is 5.39. The highest BCUT2D eigenvalue weighted by Gasteiger charge is 2.38. The molecular formula is C5H6NO4P. The van der Waals surface area contributed by atoms with Gasteiger partial charge in [0.25, 0.3) is 0 Å². The second-order valence-corrected chi connectivity index (χ2v) is 2.98. The van der Waals surface area contributed by atoms with Crippen molar-refractivity contribution in [3.05, 3.63) is 0 Å². The normalized spacial score (nSPS) is 31.6. The summed E-state index contributed by atoms with van der Waals surface area (Å²) in [5, 5.41) is 23.7. The van der Waals surface area contributed by atoms with Gasteiger partial charge in [-0.15, -0.1) is 0 Å². The molecule has 11 heavy (non-hydrogen) atoms. The molecule has 2 unspecified atom stereocenters. The van der Waals surface area contributed by atoms with Crippen LogP contribution in [-0.4, -0.2) is 33.5 Å². The van der Waals surface area contributed by atoms with Crippen molar-refractivity contribution in [1.29, 1.82) is 5.26 Å². The van der Waals surface area contributed by atoms with Crippen LogP contribution in [0, 0.1) is 11.8 Å². The van der Waals surface area contributed by atoms with Crippen LogP contribution in [0.25, 0.3) is 0 Å². The summed E-state index contributed by atoms with van der Waals surface area (Å²) in [4.78, 5) is 20.8. The predicted molar refractivity (Wildman–Crippen MR) is 37.0 cm³/mol. The van der Waals surface area contributed by atoms with Crippen molar-refractivity contribution in [2.24, 2.45) is 0 Å². The fraction of sp³-hybridized carbons (Fsp3) is 0.400. The molecule has 6 heteroatoms. The molecule has 0 aromatic carbocycles. The molecule has 0 spiro atoms. The van der Waals surface area contributed by atoms with E-state index in [1.54, 1.807) is 0 Å². The van der Waals surface area contributed by atoms with Crippen molar-refractivity contribution in [2.75, 3.05) is 0 Å². The first kappa shape index (κ1) is 10.2. The van der Waals surface area contributed by atoms with E-state index in [1.807, 2.05) is 0 Å². The van der Waals surface area contributed by atoms with E-state index >= 15 is 0 Å². The fourth-order valence-electron chi connectivity index (χ4n) is 0.556. The second-order valence-electron chi connectivity index (χ2n) is 1.74. The van der Waals surface area contributed by atoms with Crippen LogP contribution in [0.15, 0.2) is 0 Å². The fourth-order valence-corrected chi connectivity index (χ4v) is 1.41. The van der Waals surface area contributed by atoms with Gasteiger partial charge in [0.2, 0.25) is 0 Å². The van der Waals surface area contributed by atoms with Gasteiger partial charge in [-0.05, 0) is 0 Å². The molecule has 0 saturated carbocycles. The van der Waals surface area contributed by atoms with Gasteiger partial charge in [-0.25, -0.2) is 5.26 Å². The third-order valence-corrected chi connectivity index (χ3v) is 2.17. The molecule has 1 saturated heterocycles. The second kappa shape index (κ2) is 4.14. The molecule has 0 bridgehead atoms. The van der Waals surface area contributed by atoms with Gasteiger partial charge in [-0.1, -0.05) is 0 Å². The Labute approximate surface area is 64.4 Å². The molecule has 1 rings (SSSR count). The molecule has 2 N–H and O–H groups in total. The minimum absolute atomic E-state index is 0.561. The first-order valence-corrected chi connectivity index (χ1v) is 3.59. The maximum atomic E-state index is 10.4. The van der Waals surface area contributed by atoms with Crippen molar-refractivity contribution >= 4 is 19.6 Å². The van der Waals surface area contributed by atoms with Gasteiger partial charge in [-0.3, -0.25) is 9.59 Å². The Morgan fingerprint density at radius 2 is 1.45 bits per heavy atom. The Hall–Kier alpha value is -0.820. The topological polar surface area (TPSA) is 98.4 Å². The molecular weight excluding hydrogens is 169 g/mol. The van der Waals surface area contributed by atoms with Crippen LogP contribution < -0.4 is 0 Å². The van der Waals surface area contributed by atoms with Gasteiger partial charge in [0.1, 0.15) is 12.2 Å². The lowest BCUT2D eigenvalue weighted by Gasteiger charge is -2.00. The summed E-state index contributed by atoms with van der Waals surface area (Å²) in [6, 6.07) is 0. The molecule has 5 nitrogen and oxygen atoms in total. The van der Waals surface area contributed by atoms with E-state index in [4.69, 9.17) is 15.5 Å². The summed E-state index contributed by atoms with van der Waals surface area (Å²) in [7, 11) is -0.561. The van der Waals surface area contributed by atoms with Crippen LogP contribution in [0.3, 0.4) is 0 Å². The van der Waals surface area contributed by atoms with Gasteiger partial charge in [-0.2, -0.15) is 0 Å². The van der Waals surface area contributed by atoms with Crippen LogP contribution in [0.4, 0.5) is 0 Å². The van der Waals surface area contributed by atoms with Crippen LogP contribution in [0.5, 0.6) is 0 Å². The zero-order chi connectivity index (χ0) is 9.02. The molecule has 0 aromatic heterocycles. The van der Waals surface area contributed by atoms with Gasteiger partial charge in [0, 0.05) is 15.2 Å². The highest BCUT2D eigenvalue weighted by Crippen LogP contribution is 2.27. The molecule has 60 valence electrons. The van der Waals surface area contributed by atoms with Crippen LogP contribution in [0.1, 0.15) is 0 Å². The third-order valence-electron chi connectivity index (χ3n) is 1.08. The number of aliphatic hydroxyl groups excluding tert-OH is 2. The molecule has 0 aromatic rings. The van der Waals surface area contributed by atoms with E-state index in [9.17, 15) is 9.59 Å². The number of nitrogens with zero attached hydrogens (tertiary/aromatic N) is 1. The Balaban J connectivity index is 0.000000461. The Kier molecular flexibility index (Phi) is 3.83. The zero-order valence-corrected chi connectivity index (χ0v) is 6.39. The minimum Gasteiger partial charge on any atom is -0.382 e. The summed E-state index contributed by atoms with van der Waals surface area (Å²) in [5.74, 6) is 0. The van der Waals surface area contributed by atoms with Crippen LogP contribution >= 0.6 is 8.58 Å². The van der Waals surface area contributed by atoms with Gasteiger partial charge < -0.3 is 10.2 Å². The molecule has 0 amide bonds. The molecule has 1 aliphatic heterocycles. The highest BCUT2D eigenvalue weighted by molar-refractivity contribution is 7.75. The predicted octanol–water partition coefficient (Wildman–Crippen LogP) is -1.41. The quantitative estimate of drug-likeness (QED) is 0.441. The smallest absolute Gasteiger partial charge is 0.190 e. The van der Waals surface area contributed by atoms with Crippen molar-refractivity contribution < 1.29 is 19.8 Å². The van der Waals surface area contributed by atoms with Crippen molar-refractivity contribution in [1.82, 2.24) is 0 Å². The van der Waals surface area contributed by atoms with Crippen molar-refractivity contribution in [2.45, 2.75) is 12.2 Å². The third kappa shape index (κ3) is 2.05.